The molecule has 0 radical (unpaired) electrons. The third-order valence-corrected chi connectivity index (χ3v) is 5.48. The molecule has 1 saturated heterocycles. The highest BCUT2D eigenvalue weighted by molar-refractivity contribution is 5.36. The summed E-state index contributed by atoms with van der Waals surface area (Å²) in [5.74, 6) is 0. The Balaban J connectivity index is 1.66. The normalized spacial score (nSPS) is 28.9. The van der Waals surface area contributed by atoms with Crippen LogP contribution in [0.1, 0.15) is 37.0 Å². The number of methoxy groups -OCH3 is 1. The Kier molecular flexibility index (Phi) is 5.70. The predicted molar refractivity (Wildman–Crippen MR) is 92.6 cm³/mol. The number of aliphatic hydroxyl groups excluding tert-OH is 1. The summed E-state index contributed by atoms with van der Waals surface area (Å²) in [7, 11) is 1.77. The van der Waals surface area contributed by atoms with E-state index in [-0.39, 0.29) is 12.1 Å². The second kappa shape index (κ2) is 7.75. The van der Waals surface area contributed by atoms with Crippen LogP contribution in [0.15, 0.2) is 24.3 Å². The molecule has 1 heterocycles. The summed E-state index contributed by atoms with van der Waals surface area (Å²) in [6.07, 6.45) is 3.07. The van der Waals surface area contributed by atoms with Crippen molar-refractivity contribution in [1.82, 2.24) is 9.80 Å². The minimum absolute atomic E-state index is 0.247. The van der Waals surface area contributed by atoms with Crippen LogP contribution in [0.4, 0.5) is 0 Å². The van der Waals surface area contributed by atoms with Gasteiger partial charge in [-0.1, -0.05) is 37.6 Å². The number of aliphatic hydroxyl groups is 1. The number of rotatable bonds is 6. The second-order valence-corrected chi connectivity index (χ2v) is 6.88. The van der Waals surface area contributed by atoms with Crippen molar-refractivity contribution in [2.24, 2.45) is 0 Å². The number of nitrogens with zero attached hydrogens (tertiary/aromatic N) is 2. The number of fused-ring (bicyclic) bond motifs is 1. The maximum Gasteiger partial charge on any atom is 0.0951 e. The standard InChI is InChI=1S/C19H30N2O2/c1-3-6-16-14-21(10-9-20(16)11-12-23-2)18-13-15-7-4-5-8-17(15)19(18)22/h4-5,7-8,16,18-19,22H,3,6,9-14H2,1-2H3. The van der Waals surface area contributed by atoms with Crippen LogP contribution in [0, 0.1) is 0 Å². The third kappa shape index (κ3) is 3.61. The van der Waals surface area contributed by atoms with Gasteiger partial charge < -0.3 is 9.84 Å². The van der Waals surface area contributed by atoms with Gasteiger partial charge in [0.15, 0.2) is 0 Å². The molecule has 3 atom stereocenters. The maximum atomic E-state index is 10.7. The quantitative estimate of drug-likeness (QED) is 0.871. The first-order valence-corrected chi connectivity index (χ1v) is 8.97. The van der Waals surface area contributed by atoms with Crippen molar-refractivity contribution in [3.05, 3.63) is 35.4 Å². The van der Waals surface area contributed by atoms with Crippen LogP contribution in [-0.2, 0) is 11.2 Å². The Labute approximate surface area is 140 Å². The lowest BCUT2D eigenvalue weighted by Gasteiger charge is -2.44. The van der Waals surface area contributed by atoms with Gasteiger partial charge in [-0.25, -0.2) is 0 Å². The minimum atomic E-state index is -0.334. The molecule has 1 fully saturated rings. The summed E-state index contributed by atoms with van der Waals surface area (Å²) in [5, 5.41) is 10.7. The first kappa shape index (κ1) is 16.9. The summed E-state index contributed by atoms with van der Waals surface area (Å²) in [5.41, 5.74) is 2.45. The van der Waals surface area contributed by atoms with Gasteiger partial charge in [0.1, 0.15) is 0 Å². The van der Waals surface area contributed by atoms with Crippen molar-refractivity contribution in [3.63, 3.8) is 0 Å². The highest BCUT2D eigenvalue weighted by atomic mass is 16.5. The molecule has 1 aromatic carbocycles. The van der Waals surface area contributed by atoms with E-state index in [0.29, 0.717) is 6.04 Å². The van der Waals surface area contributed by atoms with Gasteiger partial charge in [0.05, 0.1) is 12.7 Å². The van der Waals surface area contributed by atoms with Crippen LogP contribution in [0.2, 0.25) is 0 Å². The van der Waals surface area contributed by atoms with Gasteiger partial charge in [0.2, 0.25) is 0 Å². The molecule has 0 saturated carbocycles. The molecule has 4 nitrogen and oxygen atoms in total. The first-order chi connectivity index (χ1) is 11.2. The van der Waals surface area contributed by atoms with Crippen LogP contribution < -0.4 is 0 Å². The Morgan fingerprint density at radius 2 is 2.09 bits per heavy atom. The van der Waals surface area contributed by atoms with Crippen LogP contribution in [0.25, 0.3) is 0 Å². The number of ether oxygens (including phenoxy) is 1. The largest absolute Gasteiger partial charge is 0.387 e. The number of benzene rings is 1. The zero-order valence-corrected chi connectivity index (χ0v) is 14.4. The number of hydrogen-bond donors (Lipinski definition) is 1. The molecule has 0 amide bonds. The molecule has 1 aliphatic carbocycles. The Morgan fingerprint density at radius 3 is 2.83 bits per heavy atom. The van der Waals surface area contributed by atoms with Gasteiger partial charge in [0, 0.05) is 45.4 Å². The minimum Gasteiger partial charge on any atom is -0.387 e. The molecular formula is C19H30N2O2. The summed E-state index contributed by atoms with van der Waals surface area (Å²) < 4.78 is 5.26. The van der Waals surface area contributed by atoms with Crippen molar-refractivity contribution in [2.45, 2.75) is 44.4 Å². The fourth-order valence-corrected chi connectivity index (χ4v) is 4.21. The molecule has 4 heteroatoms. The fraction of sp³-hybridized carbons (Fsp3) is 0.684. The summed E-state index contributed by atoms with van der Waals surface area (Å²) in [6, 6.07) is 9.19. The Morgan fingerprint density at radius 1 is 1.26 bits per heavy atom. The lowest BCUT2D eigenvalue weighted by Crippen LogP contribution is -2.57. The van der Waals surface area contributed by atoms with E-state index in [4.69, 9.17) is 4.74 Å². The van der Waals surface area contributed by atoms with Crippen LogP contribution in [0.3, 0.4) is 0 Å². The molecule has 1 N–H and O–H groups in total. The average Bonchev–Trinajstić information content (AvgIpc) is 2.91. The number of piperazine rings is 1. The van der Waals surface area contributed by atoms with E-state index in [0.717, 1.165) is 44.8 Å². The molecule has 128 valence electrons. The molecule has 1 aromatic rings. The van der Waals surface area contributed by atoms with E-state index in [9.17, 15) is 5.11 Å². The van der Waals surface area contributed by atoms with E-state index in [2.05, 4.69) is 34.9 Å². The lowest BCUT2D eigenvalue weighted by atomic mass is 10.0. The van der Waals surface area contributed by atoms with Gasteiger partial charge in [-0.3, -0.25) is 9.80 Å². The van der Waals surface area contributed by atoms with Crippen LogP contribution in [-0.4, -0.2) is 66.9 Å². The van der Waals surface area contributed by atoms with E-state index in [1.165, 1.54) is 18.4 Å². The molecule has 0 aromatic heterocycles. The third-order valence-electron chi connectivity index (χ3n) is 5.48. The van der Waals surface area contributed by atoms with Crippen molar-refractivity contribution < 1.29 is 9.84 Å². The van der Waals surface area contributed by atoms with Crippen LogP contribution in [0.5, 0.6) is 0 Å². The molecule has 2 aliphatic rings. The van der Waals surface area contributed by atoms with Gasteiger partial charge in [0.25, 0.3) is 0 Å². The molecular weight excluding hydrogens is 288 g/mol. The Bertz CT molecular complexity index is 508. The SMILES string of the molecule is CCCC1CN(C2Cc3ccccc3C2O)CCN1CCOC. The lowest BCUT2D eigenvalue weighted by molar-refractivity contribution is -0.00674. The summed E-state index contributed by atoms with van der Waals surface area (Å²) in [6.45, 7) is 7.26. The monoisotopic (exact) mass is 318 g/mol. The second-order valence-electron chi connectivity index (χ2n) is 6.88. The summed E-state index contributed by atoms with van der Waals surface area (Å²) in [4.78, 5) is 5.09. The first-order valence-electron chi connectivity index (χ1n) is 8.97. The van der Waals surface area contributed by atoms with E-state index in [1.807, 2.05) is 6.07 Å². The zero-order valence-electron chi connectivity index (χ0n) is 14.4. The molecule has 0 spiro atoms. The fourth-order valence-electron chi connectivity index (χ4n) is 4.21. The zero-order chi connectivity index (χ0) is 16.2. The maximum absolute atomic E-state index is 10.7. The van der Waals surface area contributed by atoms with E-state index < -0.39 is 0 Å². The van der Waals surface area contributed by atoms with Crippen molar-refractivity contribution in [1.29, 1.82) is 0 Å². The van der Waals surface area contributed by atoms with E-state index >= 15 is 0 Å². The van der Waals surface area contributed by atoms with Crippen molar-refractivity contribution in [2.75, 3.05) is 39.9 Å². The predicted octanol–water partition coefficient (Wildman–Crippen LogP) is 2.08. The summed E-state index contributed by atoms with van der Waals surface area (Å²) >= 11 is 0. The van der Waals surface area contributed by atoms with E-state index in [1.54, 1.807) is 7.11 Å². The highest BCUT2D eigenvalue weighted by Gasteiger charge is 2.38. The van der Waals surface area contributed by atoms with Crippen molar-refractivity contribution >= 4 is 0 Å². The van der Waals surface area contributed by atoms with Crippen molar-refractivity contribution in [3.8, 4) is 0 Å². The molecule has 3 rings (SSSR count). The van der Waals surface area contributed by atoms with Gasteiger partial charge in [-0.05, 0) is 24.0 Å². The molecule has 3 unspecified atom stereocenters. The van der Waals surface area contributed by atoms with Crippen LogP contribution >= 0.6 is 0 Å². The molecule has 23 heavy (non-hydrogen) atoms. The number of hydrogen-bond acceptors (Lipinski definition) is 4. The smallest absolute Gasteiger partial charge is 0.0951 e. The topological polar surface area (TPSA) is 35.9 Å². The van der Waals surface area contributed by atoms with Gasteiger partial charge in [-0.2, -0.15) is 0 Å². The Hall–Kier alpha value is -0.940. The highest BCUT2D eigenvalue weighted by Crippen LogP contribution is 2.35. The van der Waals surface area contributed by atoms with Gasteiger partial charge in [-0.15, -0.1) is 0 Å². The molecule has 1 aliphatic heterocycles. The average molecular weight is 318 g/mol. The van der Waals surface area contributed by atoms with Gasteiger partial charge >= 0.3 is 0 Å². The molecule has 0 bridgehead atoms.